The number of hydrogen-bond acceptors (Lipinski definition) is 12. The Kier molecular flexibility index (Phi) is 8.59. The molecule has 0 aromatic rings. The maximum Gasteiger partial charge on any atom is 0.550 e. The van der Waals surface area contributed by atoms with E-state index in [-0.39, 0.29) is 31.1 Å². The van der Waals surface area contributed by atoms with Crippen molar-refractivity contribution in [1.82, 2.24) is 5.06 Å². The highest BCUT2D eigenvalue weighted by Gasteiger charge is 2.34. The Morgan fingerprint density at radius 3 is 2.21 bits per heavy atom. The van der Waals surface area contributed by atoms with Crippen LogP contribution >= 0.6 is 0 Å². The second kappa shape index (κ2) is 10.5. The zero-order chi connectivity index (χ0) is 17.9. The highest BCUT2D eigenvalue weighted by molar-refractivity contribution is 6.01. The minimum absolute atomic E-state index is 0.107. The van der Waals surface area contributed by atoms with Crippen molar-refractivity contribution in [2.75, 3.05) is 27.4 Å². The van der Waals surface area contributed by atoms with Gasteiger partial charge in [0, 0.05) is 12.8 Å². The van der Waals surface area contributed by atoms with Gasteiger partial charge in [0.1, 0.15) is 19.3 Å². The van der Waals surface area contributed by atoms with Crippen molar-refractivity contribution in [3.8, 4) is 0 Å². The zero-order valence-electron chi connectivity index (χ0n) is 12.8. The van der Waals surface area contributed by atoms with Gasteiger partial charge in [0.15, 0.2) is 0 Å². The molecule has 0 aliphatic carbocycles. The van der Waals surface area contributed by atoms with E-state index in [9.17, 15) is 19.2 Å². The van der Waals surface area contributed by atoms with Crippen LogP contribution in [0.4, 0.5) is 9.59 Å². The molecule has 0 radical (unpaired) electrons. The molecule has 1 aliphatic heterocycles. The first-order valence-electron chi connectivity index (χ1n) is 6.42. The molecule has 1 atom stereocenters. The quantitative estimate of drug-likeness (QED) is 0.178. The van der Waals surface area contributed by atoms with Crippen LogP contribution in [0.1, 0.15) is 12.8 Å². The molecule has 1 rings (SSSR count). The summed E-state index contributed by atoms with van der Waals surface area (Å²) in [6, 6.07) is 0. The monoisotopic (exact) mass is 353 g/mol. The van der Waals surface area contributed by atoms with Gasteiger partial charge in [-0.2, -0.15) is 4.89 Å². The molecule has 0 saturated carbocycles. The first-order chi connectivity index (χ1) is 11.5. The number of imide groups is 1. The topological polar surface area (TPSA) is 145 Å². The number of carbonyl (C=O) groups excluding carboxylic acids is 4. The SMILES string of the molecule is COOCC(COOC(=O)OC(=O)ON1C(=O)CCC1=O)OOC. The first-order valence-corrected chi connectivity index (χ1v) is 6.42. The fraction of sp³-hybridized carbons (Fsp3) is 0.636. The zero-order valence-corrected chi connectivity index (χ0v) is 12.8. The van der Waals surface area contributed by atoms with Crippen LogP contribution in [0.2, 0.25) is 0 Å². The highest BCUT2D eigenvalue weighted by atomic mass is 17.2. The molecule has 1 fully saturated rings. The molecule has 0 N–H and O–H groups in total. The lowest BCUT2D eigenvalue weighted by Gasteiger charge is -2.13. The van der Waals surface area contributed by atoms with Crippen LogP contribution in [0.5, 0.6) is 0 Å². The van der Waals surface area contributed by atoms with Crippen LogP contribution in [0.25, 0.3) is 0 Å². The molecule has 0 spiro atoms. The number of nitrogens with zero attached hydrogens (tertiary/aromatic N) is 1. The van der Waals surface area contributed by atoms with Gasteiger partial charge in [0.25, 0.3) is 11.8 Å². The summed E-state index contributed by atoms with van der Waals surface area (Å²) in [4.78, 5) is 75.5. The second-order valence-corrected chi connectivity index (χ2v) is 3.98. The summed E-state index contributed by atoms with van der Waals surface area (Å²) in [5.41, 5.74) is 0. The molecule has 13 nitrogen and oxygen atoms in total. The number of ether oxygens (including phenoxy) is 1. The summed E-state index contributed by atoms with van der Waals surface area (Å²) in [6.07, 6.45) is -4.27. The van der Waals surface area contributed by atoms with E-state index in [4.69, 9.17) is 0 Å². The summed E-state index contributed by atoms with van der Waals surface area (Å²) < 4.78 is 4.01. The van der Waals surface area contributed by atoms with Crippen molar-refractivity contribution < 1.29 is 58.1 Å². The van der Waals surface area contributed by atoms with Crippen LogP contribution in [0, 0.1) is 0 Å². The number of hydroxylamine groups is 2. The molecular weight excluding hydrogens is 338 g/mol. The predicted octanol–water partition coefficient (Wildman–Crippen LogP) is -0.204. The maximum absolute atomic E-state index is 11.2. The van der Waals surface area contributed by atoms with Gasteiger partial charge in [0.2, 0.25) is 0 Å². The normalized spacial score (nSPS) is 15.3. The van der Waals surface area contributed by atoms with Crippen LogP contribution in [0.15, 0.2) is 0 Å². The summed E-state index contributed by atoms with van der Waals surface area (Å²) in [5, 5.41) is 0.195. The molecule has 1 saturated heterocycles. The van der Waals surface area contributed by atoms with Crippen molar-refractivity contribution >= 4 is 24.1 Å². The molecule has 2 amide bonds. The smallest absolute Gasteiger partial charge is 0.324 e. The number of hydrogen-bond donors (Lipinski definition) is 0. The largest absolute Gasteiger partial charge is 0.550 e. The van der Waals surface area contributed by atoms with Crippen LogP contribution in [0.3, 0.4) is 0 Å². The lowest BCUT2D eigenvalue weighted by molar-refractivity contribution is -0.372. The van der Waals surface area contributed by atoms with Gasteiger partial charge in [-0.15, -0.1) is 0 Å². The summed E-state index contributed by atoms with van der Waals surface area (Å²) in [6.45, 7) is -0.478. The Morgan fingerprint density at radius 2 is 1.62 bits per heavy atom. The highest BCUT2D eigenvalue weighted by Crippen LogP contribution is 2.12. The van der Waals surface area contributed by atoms with Gasteiger partial charge in [-0.05, 0) is 0 Å². The average Bonchev–Trinajstić information content (AvgIpc) is 2.84. The Balaban J connectivity index is 2.26. The van der Waals surface area contributed by atoms with Crippen molar-refractivity contribution in [2.24, 2.45) is 0 Å². The fourth-order valence-electron chi connectivity index (χ4n) is 1.38. The van der Waals surface area contributed by atoms with Crippen LogP contribution in [-0.2, 0) is 48.5 Å². The standard InChI is InChI=1S/C11H15NO12/c1-17-19-5-7(23-18-2)6-20-24-11(16)21-10(15)22-12-8(13)3-4-9(12)14/h7H,3-6H2,1-2H3. The third kappa shape index (κ3) is 6.84. The van der Waals surface area contributed by atoms with Crippen LogP contribution < -0.4 is 0 Å². The Hall–Kier alpha value is -2.32. The van der Waals surface area contributed by atoms with E-state index >= 15 is 0 Å². The van der Waals surface area contributed by atoms with Gasteiger partial charge in [-0.1, -0.05) is 5.06 Å². The van der Waals surface area contributed by atoms with E-state index in [1.165, 1.54) is 14.2 Å². The number of rotatable bonds is 9. The lowest BCUT2D eigenvalue weighted by Crippen LogP contribution is -2.33. The third-order valence-electron chi connectivity index (χ3n) is 2.32. The van der Waals surface area contributed by atoms with E-state index in [0.717, 1.165) is 0 Å². The van der Waals surface area contributed by atoms with E-state index in [1.807, 2.05) is 0 Å². The van der Waals surface area contributed by atoms with E-state index < -0.39 is 30.2 Å². The van der Waals surface area contributed by atoms with Gasteiger partial charge >= 0.3 is 12.3 Å². The second-order valence-electron chi connectivity index (χ2n) is 3.98. The van der Waals surface area contributed by atoms with Gasteiger partial charge in [-0.3, -0.25) is 19.3 Å². The number of carbonyl (C=O) groups is 4. The minimum Gasteiger partial charge on any atom is -0.324 e. The van der Waals surface area contributed by atoms with Crippen molar-refractivity contribution in [2.45, 2.75) is 18.9 Å². The van der Waals surface area contributed by atoms with E-state index in [1.54, 1.807) is 0 Å². The Bertz CT molecular complexity index is 450. The van der Waals surface area contributed by atoms with Crippen LogP contribution in [-0.4, -0.2) is 62.7 Å². The average molecular weight is 353 g/mol. The molecule has 24 heavy (non-hydrogen) atoms. The molecule has 1 aliphatic rings. The summed E-state index contributed by atoms with van der Waals surface area (Å²) >= 11 is 0. The van der Waals surface area contributed by atoms with Crippen molar-refractivity contribution in [3.05, 3.63) is 0 Å². The first kappa shape index (κ1) is 19.7. The predicted molar refractivity (Wildman–Crippen MR) is 65.9 cm³/mol. The maximum atomic E-state index is 11.2. The lowest BCUT2D eigenvalue weighted by atomic mass is 10.4. The van der Waals surface area contributed by atoms with Gasteiger partial charge in [0.05, 0.1) is 14.2 Å². The molecule has 0 bridgehead atoms. The molecule has 1 unspecified atom stereocenters. The Morgan fingerprint density at radius 1 is 1.00 bits per heavy atom. The molecule has 13 heteroatoms. The molecular formula is C11H15NO12. The Labute approximate surface area is 134 Å². The molecule has 1 heterocycles. The van der Waals surface area contributed by atoms with Crippen molar-refractivity contribution in [1.29, 1.82) is 0 Å². The van der Waals surface area contributed by atoms with E-state index in [2.05, 4.69) is 38.9 Å². The van der Waals surface area contributed by atoms with Gasteiger partial charge in [-0.25, -0.2) is 29.1 Å². The van der Waals surface area contributed by atoms with Crippen molar-refractivity contribution in [3.63, 3.8) is 0 Å². The minimum atomic E-state index is -1.64. The molecule has 0 aromatic carbocycles. The number of amides is 2. The third-order valence-corrected chi connectivity index (χ3v) is 2.32. The summed E-state index contributed by atoms with van der Waals surface area (Å²) in [5.74, 6) is -1.47. The molecule has 0 aromatic heterocycles. The van der Waals surface area contributed by atoms with E-state index in [0.29, 0.717) is 0 Å². The fourth-order valence-corrected chi connectivity index (χ4v) is 1.38. The summed E-state index contributed by atoms with van der Waals surface area (Å²) in [7, 11) is 2.49. The molecule has 136 valence electrons. The van der Waals surface area contributed by atoms with Gasteiger partial charge < -0.3 is 4.74 Å².